The van der Waals surface area contributed by atoms with Gasteiger partial charge >= 0.3 is 0 Å². The van der Waals surface area contributed by atoms with E-state index in [2.05, 4.69) is 10.6 Å². The van der Waals surface area contributed by atoms with Crippen LogP contribution in [0.5, 0.6) is 0 Å². The fourth-order valence-corrected chi connectivity index (χ4v) is 2.42. The lowest BCUT2D eigenvalue weighted by atomic mass is 9.79. The molecule has 2 amide bonds. The molecule has 0 spiro atoms. The van der Waals surface area contributed by atoms with Crippen molar-refractivity contribution in [3.05, 3.63) is 0 Å². The van der Waals surface area contributed by atoms with Gasteiger partial charge in [0.25, 0.3) is 5.91 Å². The fraction of sp³-hybridized carbons (Fsp3) is 0.833. The van der Waals surface area contributed by atoms with E-state index < -0.39 is 6.10 Å². The summed E-state index contributed by atoms with van der Waals surface area (Å²) in [5, 5.41) is 5.37. The van der Waals surface area contributed by atoms with Crippen molar-refractivity contribution < 1.29 is 14.3 Å². The Kier molecular flexibility index (Phi) is 5.10. The van der Waals surface area contributed by atoms with Crippen LogP contribution in [0.4, 0.5) is 0 Å². The molecular formula is C12H23N3O3. The zero-order valence-electron chi connectivity index (χ0n) is 11.4. The van der Waals surface area contributed by atoms with Gasteiger partial charge in [0.05, 0.1) is 12.1 Å². The highest BCUT2D eigenvalue weighted by Crippen LogP contribution is 2.30. The largest absolute Gasteiger partial charge is 0.361 e. The van der Waals surface area contributed by atoms with E-state index >= 15 is 0 Å². The molecule has 18 heavy (non-hydrogen) atoms. The third-order valence-corrected chi connectivity index (χ3v) is 3.74. The summed E-state index contributed by atoms with van der Waals surface area (Å²) in [5.41, 5.74) is 5.66. The number of likely N-dealkylation sites (N-methyl/N-ethyl adjacent to an activating group) is 1. The van der Waals surface area contributed by atoms with Crippen molar-refractivity contribution in [3.63, 3.8) is 0 Å². The van der Waals surface area contributed by atoms with Crippen LogP contribution in [0.25, 0.3) is 0 Å². The first-order valence-electron chi connectivity index (χ1n) is 6.26. The van der Waals surface area contributed by atoms with Gasteiger partial charge in [-0.25, -0.2) is 0 Å². The van der Waals surface area contributed by atoms with Gasteiger partial charge in [-0.15, -0.1) is 0 Å². The number of ether oxygens (including phenoxy) is 1. The standard InChI is InChI=1S/C12H23N3O3/c1-6-7(2)10(15-8(3)16)11(12(17)14-4)18-9(6)5-13/h6-7,9-11H,5,13H2,1-4H3,(H,14,17)(H,15,16)/t6-,7-,9+,10+,11+/m0/s1. The van der Waals surface area contributed by atoms with Gasteiger partial charge in [-0.1, -0.05) is 13.8 Å². The van der Waals surface area contributed by atoms with Crippen LogP contribution < -0.4 is 16.4 Å². The monoisotopic (exact) mass is 257 g/mol. The van der Waals surface area contributed by atoms with E-state index in [0.29, 0.717) is 6.54 Å². The molecule has 1 aliphatic heterocycles. The molecule has 6 heteroatoms. The summed E-state index contributed by atoms with van der Waals surface area (Å²) >= 11 is 0. The molecule has 1 saturated heterocycles. The van der Waals surface area contributed by atoms with Gasteiger partial charge in [-0.05, 0) is 11.8 Å². The maximum Gasteiger partial charge on any atom is 0.251 e. The summed E-state index contributed by atoms with van der Waals surface area (Å²) in [5.74, 6) is -0.0834. The van der Waals surface area contributed by atoms with Crippen molar-refractivity contribution in [3.8, 4) is 0 Å². The molecule has 1 fully saturated rings. The van der Waals surface area contributed by atoms with Gasteiger partial charge < -0.3 is 21.1 Å². The lowest BCUT2D eigenvalue weighted by molar-refractivity contribution is -0.157. The minimum atomic E-state index is -0.682. The Morgan fingerprint density at radius 2 is 1.89 bits per heavy atom. The maximum atomic E-state index is 11.8. The molecule has 0 radical (unpaired) electrons. The van der Waals surface area contributed by atoms with E-state index in [-0.39, 0.29) is 35.8 Å². The molecule has 0 aromatic heterocycles. The van der Waals surface area contributed by atoms with E-state index in [0.717, 1.165) is 0 Å². The lowest BCUT2D eigenvalue weighted by Crippen LogP contribution is -2.62. The molecule has 0 unspecified atom stereocenters. The van der Waals surface area contributed by atoms with Crippen LogP contribution in [0.2, 0.25) is 0 Å². The Morgan fingerprint density at radius 3 is 2.33 bits per heavy atom. The highest BCUT2D eigenvalue weighted by atomic mass is 16.5. The van der Waals surface area contributed by atoms with Gasteiger partial charge in [0.1, 0.15) is 0 Å². The fourth-order valence-electron chi connectivity index (χ4n) is 2.42. The molecule has 0 aliphatic carbocycles. The van der Waals surface area contributed by atoms with Crippen molar-refractivity contribution in [2.45, 2.75) is 39.0 Å². The van der Waals surface area contributed by atoms with Gasteiger partial charge in [0.2, 0.25) is 5.91 Å². The predicted molar refractivity (Wildman–Crippen MR) is 67.7 cm³/mol. The first-order chi connectivity index (χ1) is 8.42. The van der Waals surface area contributed by atoms with Gasteiger partial charge in [0.15, 0.2) is 6.10 Å². The van der Waals surface area contributed by atoms with E-state index in [1.54, 1.807) is 7.05 Å². The van der Waals surface area contributed by atoms with Crippen molar-refractivity contribution >= 4 is 11.8 Å². The molecule has 1 heterocycles. The number of rotatable bonds is 3. The highest BCUT2D eigenvalue weighted by Gasteiger charge is 2.44. The number of hydrogen-bond donors (Lipinski definition) is 3. The van der Waals surface area contributed by atoms with Crippen LogP contribution in [0, 0.1) is 11.8 Å². The summed E-state index contributed by atoms with van der Waals surface area (Å²) in [6.45, 7) is 5.84. The Labute approximate surface area is 108 Å². The van der Waals surface area contributed by atoms with Crippen molar-refractivity contribution in [1.82, 2.24) is 10.6 Å². The normalized spacial score (nSPS) is 35.9. The molecule has 104 valence electrons. The number of nitrogens with one attached hydrogen (secondary N) is 2. The van der Waals surface area contributed by atoms with Gasteiger partial charge in [-0.3, -0.25) is 9.59 Å². The number of carbonyl (C=O) groups excluding carboxylic acids is 2. The average molecular weight is 257 g/mol. The SMILES string of the molecule is CNC(=O)[C@@H]1O[C@H](CN)[C@@H](C)[C@H](C)[C@H]1NC(C)=O. The van der Waals surface area contributed by atoms with Crippen LogP contribution in [0.3, 0.4) is 0 Å². The molecule has 0 bridgehead atoms. The molecule has 4 N–H and O–H groups in total. The summed E-state index contributed by atoms with van der Waals surface area (Å²) in [6.07, 6.45) is -0.842. The number of hydrogen-bond acceptors (Lipinski definition) is 4. The molecule has 0 aromatic rings. The van der Waals surface area contributed by atoms with Crippen LogP contribution in [0.1, 0.15) is 20.8 Å². The van der Waals surface area contributed by atoms with Gasteiger partial charge in [0, 0.05) is 20.5 Å². The first-order valence-corrected chi connectivity index (χ1v) is 6.26. The van der Waals surface area contributed by atoms with Crippen LogP contribution in [-0.2, 0) is 14.3 Å². The molecular weight excluding hydrogens is 234 g/mol. The van der Waals surface area contributed by atoms with Crippen LogP contribution in [0.15, 0.2) is 0 Å². The quantitative estimate of drug-likeness (QED) is 0.619. The Hall–Kier alpha value is -1.14. The average Bonchev–Trinajstić information content (AvgIpc) is 2.34. The molecule has 0 aromatic carbocycles. The summed E-state index contributed by atoms with van der Waals surface area (Å²) in [4.78, 5) is 23.1. The number of nitrogens with two attached hydrogens (primary N) is 1. The van der Waals surface area contributed by atoms with Crippen molar-refractivity contribution in [2.24, 2.45) is 17.6 Å². The zero-order valence-corrected chi connectivity index (χ0v) is 11.4. The molecule has 5 atom stereocenters. The smallest absolute Gasteiger partial charge is 0.251 e. The molecule has 1 rings (SSSR count). The van der Waals surface area contributed by atoms with Crippen LogP contribution in [-0.4, -0.2) is 43.7 Å². The van der Waals surface area contributed by atoms with Crippen molar-refractivity contribution in [1.29, 1.82) is 0 Å². The zero-order chi connectivity index (χ0) is 13.9. The number of carbonyl (C=O) groups is 2. The Balaban J connectivity index is 2.93. The summed E-state index contributed by atoms with van der Waals surface area (Å²) < 4.78 is 5.73. The maximum absolute atomic E-state index is 11.8. The minimum Gasteiger partial charge on any atom is -0.361 e. The van der Waals surface area contributed by atoms with E-state index in [4.69, 9.17) is 10.5 Å². The topological polar surface area (TPSA) is 93.4 Å². The van der Waals surface area contributed by atoms with E-state index in [1.807, 2.05) is 13.8 Å². The first kappa shape index (κ1) is 14.9. The van der Waals surface area contributed by atoms with Crippen LogP contribution >= 0.6 is 0 Å². The second-order valence-corrected chi connectivity index (χ2v) is 4.89. The Bertz CT molecular complexity index is 322. The van der Waals surface area contributed by atoms with E-state index in [9.17, 15) is 9.59 Å². The highest BCUT2D eigenvalue weighted by molar-refractivity contribution is 5.83. The lowest BCUT2D eigenvalue weighted by Gasteiger charge is -2.44. The summed E-state index contributed by atoms with van der Waals surface area (Å²) in [6, 6.07) is -0.319. The predicted octanol–water partition coefficient (Wildman–Crippen LogP) is -0.765. The molecule has 1 aliphatic rings. The van der Waals surface area contributed by atoms with Crippen molar-refractivity contribution in [2.75, 3.05) is 13.6 Å². The second kappa shape index (κ2) is 6.15. The number of amides is 2. The molecule has 6 nitrogen and oxygen atoms in total. The third-order valence-electron chi connectivity index (χ3n) is 3.74. The van der Waals surface area contributed by atoms with Gasteiger partial charge in [-0.2, -0.15) is 0 Å². The third kappa shape index (κ3) is 3.00. The Morgan fingerprint density at radius 1 is 1.28 bits per heavy atom. The van der Waals surface area contributed by atoms with E-state index in [1.165, 1.54) is 6.92 Å². The summed E-state index contributed by atoms with van der Waals surface area (Å²) in [7, 11) is 1.55. The second-order valence-electron chi connectivity index (χ2n) is 4.89. The minimum absolute atomic E-state index is 0.124. The molecule has 0 saturated carbocycles.